The third-order valence-electron chi connectivity index (χ3n) is 2.40. The van der Waals surface area contributed by atoms with E-state index < -0.39 is 6.10 Å². The number of aliphatic hydroxyl groups is 1. The number of hydrogen-bond donors (Lipinski definition) is 1. The zero-order valence-electron chi connectivity index (χ0n) is 8.41. The van der Waals surface area contributed by atoms with Crippen molar-refractivity contribution in [3.05, 3.63) is 11.1 Å². The normalized spacial score (nSPS) is 27.0. The Morgan fingerprint density at radius 2 is 2.36 bits per heavy atom. The molecule has 0 unspecified atom stereocenters. The van der Waals surface area contributed by atoms with Gasteiger partial charge in [-0.15, -0.1) is 6.42 Å². The molecule has 0 radical (unpaired) electrons. The van der Waals surface area contributed by atoms with Gasteiger partial charge in [-0.05, 0) is 12.5 Å². The van der Waals surface area contributed by atoms with Crippen molar-refractivity contribution in [2.24, 2.45) is 0 Å². The molecule has 76 valence electrons. The first kappa shape index (κ1) is 10.8. The summed E-state index contributed by atoms with van der Waals surface area (Å²) in [4.78, 5) is 10.7. The Hall–Kier alpha value is -1.27. The monoisotopic (exact) mass is 194 g/mol. The number of esters is 1. The van der Waals surface area contributed by atoms with Crippen molar-refractivity contribution in [3.63, 3.8) is 0 Å². The van der Waals surface area contributed by atoms with E-state index in [-0.39, 0.29) is 12.1 Å². The average molecular weight is 194 g/mol. The molecule has 0 saturated carbocycles. The van der Waals surface area contributed by atoms with Gasteiger partial charge in [0.1, 0.15) is 6.10 Å². The average Bonchev–Trinajstić information content (AvgIpc) is 2.10. The standard InChI is InChI=1S/C11H14O3/c1-4-9-5-10(14-8(3)12)6-11(13)7(9)2/h1,10-11,13H,5-6H2,2-3H3/t10-,11-/m0/s1. The van der Waals surface area contributed by atoms with E-state index in [4.69, 9.17) is 11.2 Å². The molecule has 3 nitrogen and oxygen atoms in total. The van der Waals surface area contributed by atoms with E-state index in [9.17, 15) is 9.90 Å². The van der Waals surface area contributed by atoms with Gasteiger partial charge in [-0.25, -0.2) is 0 Å². The third-order valence-corrected chi connectivity index (χ3v) is 2.40. The second kappa shape index (κ2) is 4.30. The molecule has 0 saturated heterocycles. The van der Waals surface area contributed by atoms with Gasteiger partial charge in [0, 0.05) is 25.3 Å². The summed E-state index contributed by atoms with van der Waals surface area (Å²) in [6.45, 7) is 3.16. The predicted molar refractivity (Wildman–Crippen MR) is 52.3 cm³/mol. The first-order chi connectivity index (χ1) is 6.54. The summed E-state index contributed by atoms with van der Waals surface area (Å²) in [5.41, 5.74) is 1.56. The highest BCUT2D eigenvalue weighted by Gasteiger charge is 2.26. The Kier molecular flexibility index (Phi) is 3.32. The van der Waals surface area contributed by atoms with E-state index in [1.54, 1.807) is 0 Å². The fourth-order valence-electron chi connectivity index (χ4n) is 1.60. The van der Waals surface area contributed by atoms with Gasteiger partial charge < -0.3 is 9.84 Å². The van der Waals surface area contributed by atoms with Crippen LogP contribution >= 0.6 is 0 Å². The predicted octanol–water partition coefficient (Wildman–Crippen LogP) is 1.02. The Morgan fingerprint density at radius 3 is 2.86 bits per heavy atom. The van der Waals surface area contributed by atoms with E-state index in [0.29, 0.717) is 12.8 Å². The Balaban J connectivity index is 2.75. The van der Waals surface area contributed by atoms with Crippen LogP contribution in [0.3, 0.4) is 0 Å². The summed E-state index contributed by atoms with van der Waals surface area (Å²) in [5, 5.41) is 9.62. The van der Waals surface area contributed by atoms with Gasteiger partial charge in [0.05, 0.1) is 6.10 Å². The van der Waals surface area contributed by atoms with Gasteiger partial charge in [0.2, 0.25) is 0 Å². The van der Waals surface area contributed by atoms with Crippen molar-refractivity contribution >= 4 is 5.97 Å². The van der Waals surface area contributed by atoms with Crippen LogP contribution < -0.4 is 0 Å². The first-order valence-electron chi connectivity index (χ1n) is 4.56. The second-order valence-corrected chi connectivity index (χ2v) is 3.49. The molecule has 0 fully saturated rings. The maximum Gasteiger partial charge on any atom is 0.302 e. The molecule has 0 aromatic rings. The Morgan fingerprint density at radius 1 is 1.71 bits per heavy atom. The highest BCUT2D eigenvalue weighted by Crippen LogP contribution is 2.26. The lowest BCUT2D eigenvalue weighted by atomic mass is 9.89. The molecular formula is C11H14O3. The molecule has 0 aliphatic heterocycles. The summed E-state index contributed by atoms with van der Waals surface area (Å²) in [5.74, 6) is 2.18. The van der Waals surface area contributed by atoms with Crippen LogP contribution in [-0.2, 0) is 9.53 Å². The van der Waals surface area contributed by atoms with Gasteiger partial charge >= 0.3 is 5.97 Å². The molecular weight excluding hydrogens is 180 g/mol. The summed E-state index contributed by atoms with van der Waals surface area (Å²) in [6, 6.07) is 0. The molecule has 0 heterocycles. The minimum absolute atomic E-state index is 0.280. The van der Waals surface area contributed by atoms with Gasteiger partial charge in [-0.2, -0.15) is 0 Å². The van der Waals surface area contributed by atoms with Crippen molar-refractivity contribution < 1.29 is 14.6 Å². The first-order valence-corrected chi connectivity index (χ1v) is 4.56. The van der Waals surface area contributed by atoms with Crippen LogP contribution in [0.2, 0.25) is 0 Å². The molecule has 0 amide bonds. The minimum Gasteiger partial charge on any atom is -0.462 e. The van der Waals surface area contributed by atoms with Crippen LogP contribution in [0.1, 0.15) is 26.7 Å². The molecule has 0 bridgehead atoms. The molecule has 1 N–H and O–H groups in total. The molecule has 0 spiro atoms. The molecule has 1 rings (SSSR count). The highest BCUT2D eigenvalue weighted by atomic mass is 16.5. The topological polar surface area (TPSA) is 46.5 Å². The Labute approximate surface area is 83.8 Å². The molecule has 2 atom stereocenters. The number of rotatable bonds is 1. The van der Waals surface area contributed by atoms with Gasteiger partial charge in [0.25, 0.3) is 0 Å². The van der Waals surface area contributed by atoms with Crippen molar-refractivity contribution in [2.75, 3.05) is 0 Å². The zero-order chi connectivity index (χ0) is 10.7. The number of terminal acetylenes is 1. The molecule has 14 heavy (non-hydrogen) atoms. The maximum absolute atomic E-state index is 10.7. The van der Waals surface area contributed by atoms with E-state index in [0.717, 1.165) is 11.1 Å². The number of hydrogen-bond acceptors (Lipinski definition) is 3. The quantitative estimate of drug-likeness (QED) is 0.501. The fraction of sp³-hybridized carbons (Fsp3) is 0.545. The summed E-state index contributed by atoms with van der Waals surface area (Å²) < 4.78 is 5.01. The van der Waals surface area contributed by atoms with Crippen LogP contribution in [0.15, 0.2) is 11.1 Å². The van der Waals surface area contributed by atoms with E-state index in [2.05, 4.69) is 5.92 Å². The van der Waals surface area contributed by atoms with Crippen molar-refractivity contribution in [3.8, 4) is 12.3 Å². The second-order valence-electron chi connectivity index (χ2n) is 3.49. The zero-order valence-corrected chi connectivity index (χ0v) is 8.41. The van der Waals surface area contributed by atoms with E-state index in [1.807, 2.05) is 6.92 Å². The van der Waals surface area contributed by atoms with E-state index >= 15 is 0 Å². The molecule has 0 aromatic heterocycles. The van der Waals surface area contributed by atoms with E-state index in [1.165, 1.54) is 6.92 Å². The molecule has 0 aromatic carbocycles. The number of ether oxygens (including phenoxy) is 1. The van der Waals surface area contributed by atoms with Crippen LogP contribution in [0.5, 0.6) is 0 Å². The number of aliphatic hydroxyl groups excluding tert-OH is 1. The van der Waals surface area contributed by atoms with Crippen molar-refractivity contribution in [1.82, 2.24) is 0 Å². The maximum atomic E-state index is 10.7. The highest BCUT2D eigenvalue weighted by molar-refractivity contribution is 5.66. The minimum atomic E-state index is -0.584. The largest absolute Gasteiger partial charge is 0.462 e. The summed E-state index contributed by atoms with van der Waals surface area (Å²) >= 11 is 0. The lowest BCUT2D eigenvalue weighted by molar-refractivity contribution is -0.147. The van der Waals surface area contributed by atoms with Gasteiger partial charge in [-0.1, -0.05) is 5.92 Å². The number of carbonyl (C=O) groups excluding carboxylic acids is 1. The van der Waals surface area contributed by atoms with Crippen LogP contribution in [-0.4, -0.2) is 23.3 Å². The summed E-state index contributed by atoms with van der Waals surface area (Å²) in [7, 11) is 0. The molecule has 1 aliphatic carbocycles. The van der Waals surface area contributed by atoms with Gasteiger partial charge in [0.15, 0.2) is 0 Å². The van der Waals surface area contributed by atoms with Crippen molar-refractivity contribution in [1.29, 1.82) is 0 Å². The van der Waals surface area contributed by atoms with Crippen molar-refractivity contribution in [2.45, 2.75) is 38.9 Å². The fourth-order valence-corrected chi connectivity index (χ4v) is 1.60. The molecule has 1 aliphatic rings. The lowest BCUT2D eigenvalue weighted by Crippen LogP contribution is -2.29. The van der Waals surface area contributed by atoms with Crippen LogP contribution in [0, 0.1) is 12.3 Å². The Bertz CT molecular complexity index is 309. The lowest BCUT2D eigenvalue weighted by Gasteiger charge is -2.27. The van der Waals surface area contributed by atoms with Crippen LogP contribution in [0.4, 0.5) is 0 Å². The number of carbonyl (C=O) groups is 1. The molecule has 3 heteroatoms. The van der Waals surface area contributed by atoms with Gasteiger partial charge in [-0.3, -0.25) is 4.79 Å². The third kappa shape index (κ3) is 2.36. The summed E-state index contributed by atoms with van der Waals surface area (Å²) in [6.07, 6.45) is 5.41. The SMILES string of the molecule is C#CC1=C(C)[C@@H](O)C[C@@H](OC(C)=O)C1. The van der Waals surface area contributed by atoms with Crippen LogP contribution in [0.25, 0.3) is 0 Å². The smallest absolute Gasteiger partial charge is 0.302 e.